The highest BCUT2D eigenvalue weighted by molar-refractivity contribution is 7.89. The zero-order valence-electron chi connectivity index (χ0n) is 22.1. The van der Waals surface area contributed by atoms with E-state index in [0.29, 0.717) is 84.3 Å². The summed E-state index contributed by atoms with van der Waals surface area (Å²) >= 11 is 12.2. The van der Waals surface area contributed by atoms with Crippen LogP contribution in [-0.2, 0) is 21.4 Å². The van der Waals surface area contributed by atoms with E-state index in [2.05, 4.69) is 20.4 Å². The highest BCUT2D eigenvalue weighted by Gasteiger charge is 2.29. The van der Waals surface area contributed by atoms with Crippen molar-refractivity contribution in [3.8, 4) is 17.1 Å². The van der Waals surface area contributed by atoms with E-state index in [9.17, 15) is 13.2 Å². The second-order valence-electron chi connectivity index (χ2n) is 10.0. The lowest BCUT2D eigenvalue weighted by atomic mass is 9.96. The number of hydrogen-bond donors (Lipinski definition) is 1. The van der Waals surface area contributed by atoms with Crippen molar-refractivity contribution in [1.82, 2.24) is 19.3 Å². The van der Waals surface area contributed by atoms with E-state index < -0.39 is 10.0 Å². The van der Waals surface area contributed by atoms with Crippen molar-refractivity contribution in [1.29, 1.82) is 0 Å². The van der Waals surface area contributed by atoms with Crippen LogP contribution in [0.5, 0.6) is 5.75 Å². The number of nitrogens with zero attached hydrogens (tertiary/aromatic N) is 4. The molecule has 0 radical (unpaired) electrons. The number of hydrogen-bond acceptors (Lipinski definition) is 8. The number of ether oxygens (including phenoxy) is 1. The third-order valence-corrected chi connectivity index (χ3v) is 9.78. The monoisotopic (exact) mass is 607 g/mol. The molecule has 0 bridgehead atoms. The summed E-state index contributed by atoms with van der Waals surface area (Å²) in [7, 11) is -2.15. The van der Waals surface area contributed by atoms with Crippen LogP contribution in [0.2, 0.25) is 10.0 Å². The summed E-state index contributed by atoms with van der Waals surface area (Å²) < 4.78 is 38.7. The van der Waals surface area contributed by atoms with Crippen LogP contribution >= 0.6 is 23.2 Å². The first-order valence-electron chi connectivity index (χ1n) is 13.2. The second kappa shape index (κ2) is 12.4. The van der Waals surface area contributed by atoms with Crippen LogP contribution in [0.15, 0.2) is 45.8 Å². The molecule has 2 saturated heterocycles. The number of rotatable bonds is 8. The standard InChI is InChI=1S/C27H31Cl2N5O5S/c1-38-24-8-6-20(40(36,37)34-11-3-2-4-12-34)16-23(24)30-27(35)18-9-13-33(14-10-18)17-25-31-26(32-39-25)21-7-5-19(28)15-22(21)29/h5-8,15-16,18H,2-4,9-14,17H2,1H3,(H,30,35). The molecule has 1 aromatic heterocycles. The molecule has 0 spiro atoms. The molecule has 13 heteroatoms. The van der Waals surface area contributed by atoms with Crippen molar-refractivity contribution in [2.24, 2.45) is 5.92 Å². The fraction of sp³-hybridized carbons (Fsp3) is 0.444. The molecule has 2 aromatic carbocycles. The van der Waals surface area contributed by atoms with Crippen LogP contribution in [0.25, 0.3) is 11.4 Å². The number of likely N-dealkylation sites (tertiary alicyclic amines) is 1. The molecule has 0 saturated carbocycles. The topological polar surface area (TPSA) is 118 Å². The summed E-state index contributed by atoms with van der Waals surface area (Å²) in [5, 5.41) is 7.92. The zero-order chi connectivity index (χ0) is 28.3. The highest BCUT2D eigenvalue weighted by atomic mass is 35.5. The smallest absolute Gasteiger partial charge is 0.243 e. The summed E-state index contributed by atoms with van der Waals surface area (Å²) in [5.74, 6) is 0.874. The Kier molecular flexibility index (Phi) is 8.96. The predicted octanol–water partition coefficient (Wildman–Crippen LogP) is 5.08. The lowest BCUT2D eigenvalue weighted by molar-refractivity contribution is -0.121. The quantitative estimate of drug-likeness (QED) is 0.377. The van der Waals surface area contributed by atoms with Gasteiger partial charge < -0.3 is 14.6 Å². The zero-order valence-corrected chi connectivity index (χ0v) is 24.4. The molecule has 214 valence electrons. The van der Waals surface area contributed by atoms with Gasteiger partial charge in [-0.25, -0.2) is 8.42 Å². The number of methoxy groups -OCH3 is 1. The number of carbonyl (C=O) groups excluding carboxylic acids is 1. The molecular weight excluding hydrogens is 577 g/mol. The Morgan fingerprint density at radius 2 is 1.82 bits per heavy atom. The van der Waals surface area contributed by atoms with Gasteiger partial charge in [-0.15, -0.1) is 0 Å². The Labute approximate surface area is 243 Å². The van der Waals surface area contributed by atoms with Gasteiger partial charge in [-0.1, -0.05) is 34.8 Å². The van der Waals surface area contributed by atoms with Gasteiger partial charge >= 0.3 is 0 Å². The number of sulfonamides is 1. The van der Waals surface area contributed by atoms with Gasteiger partial charge in [0.1, 0.15) is 5.75 Å². The minimum Gasteiger partial charge on any atom is -0.495 e. The van der Waals surface area contributed by atoms with Gasteiger partial charge in [0, 0.05) is 29.6 Å². The molecule has 0 aliphatic carbocycles. The van der Waals surface area contributed by atoms with Crippen molar-refractivity contribution in [2.45, 2.75) is 43.5 Å². The maximum Gasteiger partial charge on any atom is 0.243 e. The van der Waals surface area contributed by atoms with E-state index in [4.69, 9.17) is 32.5 Å². The van der Waals surface area contributed by atoms with E-state index in [1.807, 2.05) is 0 Å². The van der Waals surface area contributed by atoms with Gasteiger partial charge in [-0.2, -0.15) is 9.29 Å². The van der Waals surface area contributed by atoms with Gasteiger partial charge in [0.05, 0.1) is 29.3 Å². The lowest BCUT2D eigenvalue weighted by Crippen LogP contribution is -2.38. The van der Waals surface area contributed by atoms with Crippen LogP contribution in [0.3, 0.4) is 0 Å². The second-order valence-corrected chi connectivity index (χ2v) is 12.8. The van der Waals surface area contributed by atoms with Gasteiger partial charge in [0.2, 0.25) is 27.6 Å². The predicted molar refractivity (Wildman–Crippen MR) is 152 cm³/mol. The Balaban J connectivity index is 1.19. The van der Waals surface area contributed by atoms with Crippen LogP contribution in [0.1, 0.15) is 38.0 Å². The van der Waals surface area contributed by atoms with Gasteiger partial charge in [-0.3, -0.25) is 9.69 Å². The van der Waals surface area contributed by atoms with Crippen LogP contribution < -0.4 is 10.1 Å². The molecule has 1 N–H and O–H groups in total. The van der Waals surface area contributed by atoms with Crippen molar-refractivity contribution in [3.05, 3.63) is 52.3 Å². The molecule has 2 fully saturated rings. The number of carbonyl (C=O) groups is 1. The van der Waals surface area contributed by atoms with Gasteiger partial charge in [0.15, 0.2) is 0 Å². The maximum absolute atomic E-state index is 13.2. The van der Waals surface area contributed by atoms with E-state index in [0.717, 1.165) is 19.3 Å². The molecule has 10 nitrogen and oxygen atoms in total. The third-order valence-electron chi connectivity index (χ3n) is 7.34. The summed E-state index contributed by atoms with van der Waals surface area (Å²) in [6, 6.07) is 9.70. The molecule has 40 heavy (non-hydrogen) atoms. The lowest BCUT2D eigenvalue weighted by Gasteiger charge is -2.30. The SMILES string of the molecule is COc1ccc(S(=O)(=O)N2CCCCC2)cc1NC(=O)C1CCN(Cc2nc(-c3ccc(Cl)cc3Cl)no2)CC1. The molecule has 3 heterocycles. The number of nitrogens with one attached hydrogen (secondary N) is 1. The summed E-state index contributed by atoms with van der Waals surface area (Å²) in [6.45, 7) is 2.80. The van der Waals surface area contributed by atoms with Crippen molar-refractivity contribution < 1.29 is 22.5 Å². The molecule has 0 atom stereocenters. The first-order chi connectivity index (χ1) is 19.2. The molecule has 2 aliphatic rings. The summed E-state index contributed by atoms with van der Waals surface area (Å²) in [5.41, 5.74) is 0.993. The Morgan fingerprint density at radius 3 is 2.52 bits per heavy atom. The van der Waals surface area contributed by atoms with E-state index in [-0.39, 0.29) is 16.7 Å². The van der Waals surface area contributed by atoms with Crippen LogP contribution in [0, 0.1) is 5.92 Å². The normalized spacial score (nSPS) is 17.6. The van der Waals surface area contributed by atoms with Gasteiger partial charge in [-0.05, 0) is 75.2 Å². The molecule has 0 unspecified atom stereocenters. The average molecular weight is 609 g/mol. The van der Waals surface area contributed by atoms with Crippen molar-refractivity contribution >= 4 is 44.8 Å². The molecular formula is C27H31Cl2N5O5S. The number of piperidine rings is 2. The first-order valence-corrected chi connectivity index (χ1v) is 15.4. The average Bonchev–Trinajstić information content (AvgIpc) is 3.41. The minimum absolute atomic E-state index is 0.152. The molecule has 2 aliphatic heterocycles. The number of anilines is 1. The summed E-state index contributed by atoms with van der Waals surface area (Å²) in [6.07, 6.45) is 3.99. The van der Waals surface area contributed by atoms with Gasteiger partial charge in [0.25, 0.3) is 0 Å². The molecule has 3 aromatic rings. The number of aromatic nitrogens is 2. The Hall–Kier alpha value is -2.70. The summed E-state index contributed by atoms with van der Waals surface area (Å²) in [4.78, 5) is 19.9. The number of amides is 1. The minimum atomic E-state index is -3.64. The highest BCUT2D eigenvalue weighted by Crippen LogP contribution is 2.32. The molecule has 5 rings (SSSR count). The van der Waals surface area contributed by atoms with Crippen molar-refractivity contribution in [3.63, 3.8) is 0 Å². The fourth-order valence-corrected chi connectivity index (χ4v) is 7.12. The van der Waals surface area contributed by atoms with E-state index in [1.54, 1.807) is 24.3 Å². The first kappa shape index (κ1) is 28.8. The Bertz CT molecular complexity index is 1470. The maximum atomic E-state index is 13.2. The molecule has 1 amide bonds. The van der Waals surface area contributed by atoms with E-state index in [1.165, 1.54) is 23.5 Å². The van der Waals surface area contributed by atoms with Crippen LogP contribution in [-0.4, -0.2) is 67.0 Å². The number of halogens is 2. The van der Waals surface area contributed by atoms with Crippen molar-refractivity contribution in [2.75, 3.05) is 38.6 Å². The van der Waals surface area contributed by atoms with E-state index >= 15 is 0 Å². The fourth-order valence-electron chi connectivity index (χ4n) is 5.08. The van der Waals surface area contributed by atoms with Crippen LogP contribution in [0.4, 0.5) is 5.69 Å². The third kappa shape index (κ3) is 6.44. The number of benzene rings is 2. The Morgan fingerprint density at radius 1 is 1.07 bits per heavy atom. The largest absolute Gasteiger partial charge is 0.495 e.